The lowest BCUT2D eigenvalue weighted by molar-refractivity contribution is -0.201. The van der Waals surface area contributed by atoms with Gasteiger partial charge in [-0.25, -0.2) is 9.78 Å². The molecule has 2 heterocycles. The van der Waals surface area contributed by atoms with E-state index in [1.165, 1.54) is 6.92 Å². The molecule has 0 saturated heterocycles. The van der Waals surface area contributed by atoms with Crippen molar-refractivity contribution in [1.29, 1.82) is 0 Å². The molecule has 0 bridgehead atoms. The Labute approximate surface area is 233 Å². The van der Waals surface area contributed by atoms with Gasteiger partial charge >= 0.3 is 18.1 Å². The molecule has 0 spiro atoms. The molecule has 0 aliphatic carbocycles. The third-order valence-electron chi connectivity index (χ3n) is 6.07. The van der Waals surface area contributed by atoms with Gasteiger partial charge in [-0.2, -0.15) is 13.2 Å². The molecule has 214 valence electrons. The number of nitrogens with one attached hydrogen (secondary N) is 3. The van der Waals surface area contributed by atoms with Crippen molar-refractivity contribution >= 4 is 40.3 Å². The Kier molecular flexibility index (Phi) is 9.23. The van der Waals surface area contributed by atoms with Gasteiger partial charge in [-0.15, -0.1) is 0 Å². The number of carbonyl (C=O) groups is 3. The number of nitrogens with zero attached hydrogens (tertiary/aromatic N) is 1. The summed E-state index contributed by atoms with van der Waals surface area (Å²) in [5.74, 6) is -3.53. The van der Waals surface area contributed by atoms with Gasteiger partial charge in [0.25, 0.3) is 0 Å². The van der Waals surface area contributed by atoms with Crippen LogP contribution >= 0.6 is 0 Å². The fourth-order valence-electron chi connectivity index (χ4n) is 4.27. The zero-order valence-corrected chi connectivity index (χ0v) is 22.0. The van der Waals surface area contributed by atoms with Crippen molar-refractivity contribution in [2.75, 3.05) is 23.8 Å². The fraction of sp³-hybridized carbons (Fsp3) is 0.241. The maximum Gasteiger partial charge on any atom is 0.491 e. The summed E-state index contributed by atoms with van der Waals surface area (Å²) in [6.07, 6.45) is -1.80. The van der Waals surface area contributed by atoms with E-state index in [9.17, 15) is 27.6 Å². The number of pyridine rings is 1. The molecule has 1 atom stereocenters. The minimum atomic E-state index is -5.26. The molecule has 2 aromatic heterocycles. The average molecular weight is 569 g/mol. The molecule has 0 aliphatic heterocycles. The van der Waals surface area contributed by atoms with Gasteiger partial charge < -0.3 is 25.1 Å². The van der Waals surface area contributed by atoms with Gasteiger partial charge in [0.1, 0.15) is 11.6 Å². The van der Waals surface area contributed by atoms with E-state index >= 15 is 0 Å². The second kappa shape index (κ2) is 13.0. The van der Waals surface area contributed by atoms with Crippen molar-refractivity contribution in [1.82, 2.24) is 9.97 Å². The molecule has 41 heavy (non-hydrogen) atoms. The second-order valence-corrected chi connectivity index (χ2v) is 9.09. The molecular weight excluding hydrogens is 541 g/mol. The number of amides is 1. The van der Waals surface area contributed by atoms with Crippen molar-refractivity contribution in [3.05, 3.63) is 84.2 Å². The molecule has 1 unspecified atom stereocenters. The first-order valence-corrected chi connectivity index (χ1v) is 12.7. The van der Waals surface area contributed by atoms with Crippen molar-refractivity contribution in [2.45, 2.75) is 31.9 Å². The van der Waals surface area contributed by atoms with E-state index in [4.69, 9.17) is 4.74 Å². The van der Waals surface area contributed by atoms with E-state index in [1.54, 1.807) is 73.1 Å². The molecular formula is C29H27F3N4O5. The number of hydrogen-bond acceptors (Lipinski definition) is 7. The molecule has 0 aliphatic rings. The highest BCUT2D eigenvalue weighted by Crippen LogP contribution is 2.35. The van der Waals surface area contributed by atoms with Crippen LogP contribution in [-0.2, 0) is 19.1 Å². The Morgan fingerprint density at radius 2 is 1.83 bits per heavy atom. The monoisotopic (exact) mass is 568 g/mol. The third kappa shape index (κ3) is 7.84. The van der Waals surface area contributed by atoms with Crippen LogP contribution in [0.25, 0.3) is 10.9 Å². The Morgan fingerprint density at radius 3 is 2.56 bits per heavy atom. The number of carbonyl (C=O) groups excluding carboxylic acids is 3. The predicted octanol–water partition coefficient (Wildman–Crippen LogP) is 5.56. The minimum absolute atomic E-state index is 0.196. The number of hydrogen-bond donors (Lipinski definition) is 3. The van der Waals surface area contributed by atoms with Crippen molar-refractivity contribution in [2.24, 2.45) is 0 Å². The van der Waals surface area contributed by atoms with Crippen LogP contribution in [0.15, 0.2) is 73.1 Å². The fourth-order valence-corrected chi connectivity index (χ4v) is 4.27. The van der Waals surface area contributed by atoms with Crippen LogP contribution in [0.5, 0.6) is 5.75 Å². The quantitative estimate of drug-likeness (QED) is 0.123. The van der Waals surface area contributed by atoms with E-state index in [1.807, 2.05) is 0 Å². The van der Waals surface area contributed by atoms with Gasteiger partial charge in [-0.05, 0) is 41.8 Å². The average Bonchev–Trinajstić information content (AvgIpc) is 3.35. The molecule has 0 fully saturated rings. The van der Waals surface area contributed by atoms with Crippen LogP contribution in [0.3, 0.4) is 0 Å². The first kappa shape index (κ1) is 29.1. The number of fused-ring (bicyclic) bond motifs is 1. The zero-order chi connectivity index (χ0) is 29.4. The number of anilines is 2. The molecule has 4 rings (SSSR count). The molecule has 1 amide bonds. The second-order valence-electron chi connectivity index (χ2n) is 9.09. The van der Waals surface area contributed by atoms with E-state index in [2.05, 4.69) is 25.3 Å². The lowest BCUT2D eigenvalue weighted by Gasteiger charge is -2.17. The van der Waals surface area contributed by atoms with E-state index in [0.717, 1.165) is 5.39 Å². The summed E-state index contributed by atoms with van der Waals surface area (Å²) in [7, 11) is 0. The molecule has 0 radical (unpaired) electrons. The maximum atomic E-state index is 12.6. The number of alkyl halides is 3. The Bertz CT molecular complexity index is 1520. The Morgan fingerprint density at radius 1 is 1.05 bits per heavy atom. The highest BCUT2D eigenvalue weighted by atomic mass is 19.4. The van der Waals surface area contributed by atoms with Crippen LogP contribution in [0.2, 0.25) is 0 Å². The predicted molar refractivity (Wildman–Crippen MR) is 145 cm³/mol. The third-order valence-corrected chi connectivity index (χ3v) is 6.07. The zero-order valence-electron chi connectivity index (χ0n) is 22.0. The highest BCUT2D eigenvalue weighted by Gasteiger charge is 2.42. The summed E-state index contributed by atoms with van der Waals surface area (Å²) in [6.45, 7) is 2.36. The number of ether oxygens (including phenoxy) is 2. The van der Waals surface area contributed by atoms with Crippen molar-refractivity contribution < 1.29 is 37.0 Å². The Balaban J connectivity index is 1.41. The molecule has 12 heteroatoms. The van der Waals surface area contributed by atoms with Crippen LogP contribution < -0.4 is 15.4 Å². The topological polar surface area (TPSA) is 122 Å². The number of aromatic amines is 1. The standard InChI is InChI=1S/C29H27F3N4O5/c1-18(37)36-24-9-5-12-33-27(24)34-13-6-14-40-20-10-11-21-23(17-35-25(21)15-20)22(19-7-3-2-4-8-19)16-26(38)41-28(39)29(30,31)32/h2-5,7-12,15,17,22,35H,6,13-14,16H2,1H3,(H,33,34)(H,36,37). The largest absolute Gasteiger partial charge is 0.493 e. The van der Waals surface area contributed by atoms with Gasteiger partial charge in [0.2, 0.25) is 5.91 Å². The number of halogens is 3. The van der Waals surface area contributed by atoms with E-state index in [-0.39, 0.29) is 5.91 Å². The molecule has 0 saturated carbocycles. The Hall–Kier alpha value is -4.87. The number of rotatable bonds is 11. The summed E-state index contributed by atoms with van der Waals surface area (Å²) in [5.41, 5.74) is 2.61. The van der Waals surface area contributed by atoms with Gasteiger partial charge in [-0.1, -0.05) is 30.3 Å². The summed E-state index contributed by atoms with van der Waals surface area (Å²) < 4.78 is 47.7. The van der Waals surface area contributed by atoms with Crippen LogP contribution in [0, 0.1) is 0 Å². The molecule has 2 aromatic carbocycles. The maximum absolute atomic E-state index is 12.6. The van der Waals surface area contributed by atoms with Crippen LogP contribution in [0.1, 0.15) is 36.8 Å². The van der Waals surface area contributed by atoms with Crippen LogP contribution in [0.4, 0.5) is 24.7 Å². The number of esters is 2. The summed E-state index contributed by atoms with van der Waals surface area (Å²) >= 11 is 0. The first-order valence-electron chi connectivity index (χ1n) is 12.7. The van der Waals surface area contributed by atoms with Crippen molar-refractivity contribution in [3.63, 3.8) is 0 Å². The number of benzene rings is 2. The normalized spacial score (nSPS) is 12.0. The molecule has 4 aromatic rings. The van der Waals surface area contributed by atoms with Gasteiger partial charge in [0.05, 0.1) is 18.7 Å². The highest BCUT2D eigenvalue weighted by molar-refractivity contribution is 5.92. The lowest BCUT2D eigenvalue weighted by atomic mass is 9.88. The van der Waals surface area contributed by atoms with Crippen LogP contribution in [-0.4, -0.2) is 47.1 Å². The SMILES string of the molecule is CC(=O)Nc1cccnc1NCCCOc1ccc2c(C(CC(=O)OC(=O)C(F)(F)F)c3ccccc3)c[nH]c2c1. The first-order chi connectivity index (χ1) is 19.6. The van der Waals surface area contributed by atoms with Crippen molar-refractivity contribution in [3.8, 4) is 5.75 Å². The smallest absolute Gasteiger partial charge is 0.491 e. The molecule has 9 nitrogen and oxygen atoms in total. The minimum Gasteiger partial charge on any atom is -0.493 e. The number of aromatic nitrogens is 2. The van der Waals surface area contributed by atoms with Gasteiger partial charge in [0.15, 0.2) is 0 Å². The molecule has 3 N–H and O–H groups in total. The van der Waals surface area contributed by atoms with E-state index in [0.29, 0.717) is 53.5 Å². The summed E-state index contributed by atoms with van der Waals surface area (Å²) in [5, 5.41) is 6.62. The van der Waals surface area contributed by atoms with Gasteiger partial charge in [-0.3, -0.25) is 9.59 Å². The summed E-state index contributed by atoms with van der Waals surface area (Å²) in [4.78, 5) is 42.2. The summed E-state index contributed by atoms with van der Waals surface area (Å²) in [6, 6.07) is 17.6. The van der Waals surface area contributed by atoms with Gasteiger partial charge in [0, 0.05) is 48.7 Å². The number of H-pyrrole nitrogens is 1. The lowest BCUT2D eigenvalue weighted by Crippen LogP contribution is -2.28. The van der Waals surface area contributed by atoms with E-state index < -0.39 is 30.5 Å².